The Kier molecular flexibility index (Phi) is 21.5. The van der Waals surface area contributed by atoms with Crippen molar-refractivity contribution in [1.29, 1.82) is 0 Å². The Balaban J connectivity index is 0.00000484. The van der Waals surface area contributed by atoms with Crippen molar-refractivity contribution in [1.82, 2.24) is 19.5 Å². The standard InChI is InChI=1S/C28H48N5O8P.2Na/c1-2-3-4-5-6-7-8-9-10-11-12-13-14-15-16-17-22(34)32-26-23-27(30-19-29-26)33(20-31-23)28-25(36)24(35)21(41-28)18-40-42(37,38)39;;/h19-21,24-25,28,35-36H,2-18H2,1H3,(H2,37,38,39)(H,29,30,32,34);;/q;2*+1/p-2/t21-,24-,25-,28-;;/m1../s1. The monoisotopic (exact) mass is 657 g/mol. The molecular weight excluding hydrogens is 611 g/mol. The summed E-state index contributed by atoms with van der Waals surface area (Å²) in [5.74, 6) is -0.222. The molecule has 0 aliphatic carbocycles. The van der Waals surface area contributed by atoms with Crippen LogP contribution in [0.4, 0.5) is 5.82 Å². The van der Waals surface area contributed by atoms with Gasteiger partial charge < -0.3 is 34.4 Å². The van der Waals surface area contributed by atoms with Crippen LogP contribution in [0.15, 0.2) is 17.6 Å². The van der Waals surface area contributed by atoms with Crippen molar-refractivity contribution in [2.45, 2.75) is 134 Å². The average molecular weight is 658 g/mol. The zero-order valence-electron chi connectivity index (χ0n) is 26.6. The molecule has 1 unspecified atom stereocenters. The SMILES string of the molecule is CCCCCCCCCCCCCCCCCC([O-])=Nc1ncnc2c1ncn2[C@@H]1O[C@H](COP(=O)([O-])O)[C@@H](O)[C@H]1O.[Na+].[Na+]. The number of phosphoric acid groups is 1. The maximum Gasteiger partial charge on any atom is 1.00 e. The molecule has 0 saturated carbocycles. The number of rotatable bonds is 21. The number of aliphatic hydroxyl groups is 2. The van der Waals surface area contributed by atoms with Gasteiger partial charge >= 0.3 is 59.1 Å². The van der Waals surface area contributed by atoms with E-state index in [9.17, 15) is 24.8 Å². The second kappa shape index (κ2) is 22.6. The van der Waals surface area contributed by atoms with Gasteiger partial charge in [-0.3, -0.25) is 9.13 Å². The first-order chi connectivity index (χ1) is 20.2. The van der Waals surface area contributed by atoms with Gasteiger partial charge in [0.25, 0.3) is 7.82 Å². The van der Waals surface area contributed by atoms with Gasteiger partial charge in [0.15, 0.2) is 23.2 Å². The Morgan fingerprint density at radius 1 is 0.932 bits per heavy atom. The van der Waals surface area contributed by atoms with Crippen LogP contribution < -0.4 is 69.1 Å². The molecule has 1 fully saturated rings. The molecule has 1 aliphatic rings. The van der Waals surface area contributed by atoms with Crippen molar-refractivity contribution in [3.63, 3.8) is 0 Å². The van der Waals surface area contributed by atoms with E-state index in [0.29, 0.717) is 6.42 Å². The number of hydrogen-bond donors (Lipinski definition) is 3. The van der Waals surface area contributed by atoms with Crippen LogP contribution in [0.5, 0.6) is 0 Å². The Labute approximate surface area is 304 Å². The number of imidazole rings is 1. The second-order valence-electron chi connectivity index (χ2n) is 11.0. The van der Waals surface area contributed by atoms with Crippen LogP contribution in [-0.4, -0.2) is 65.4 Å². The molecule has 2 aromatic heterocycles. The number of ether oxygens (including phenoxy) is 1. The molecule has 0 spiro atoms. The van der Waals surface area contributed by atoms with Crippen LogP contribution in [-0.2, 0) is 13.8 Å². The quantitative estimate of drug-likeness (QED) is 0.0425. The first-order valence-corrected chi connectivity index (χ1v) is 16.8. The number of aromatic nitrogens is 4. The van der Waals surface area contributed by atoms with Gasteiger partial charge in [-0.05, 0) is 18.7 Å². The van der Waals surface area contributed by atoms with Gasteiger partial charge in [0.2, 0.25) is 0 Å². The molecule has 3 heterocycles. The van der Waals surface area contributed by atoms with E-state index in [1.165, 1.54) is 94.3 Å². The third-order valence-electron chi connectivity index (χ3n) is 7.58. The second-order valence-corrected chi connectivity index (χ2v) is 12.2. The van der Waals surface area contributed by atoms with Gasteiger partial charge in [0.1, 0.15) is 24.6 Å². The predicted octanol–water partition coefficient (Wildman–Crippen LogP) is -2.42. The maximum absolute atomic E-state index is 12.5. The van der Waals surface area contributed by atoms with Crippen molar-refractivity contribution in [2.75, 3.05) is 6.61 Å². The Bertz CT molecular complexity index is 1150. The summed E-state index contributed by atoms with van der Waals surface area (Å²) < 4.78 is 22.1. The molecule has 3 rings (SSSR count). The molecule has 0 amide bonds. The minimum atomic E-state index is -5.04. The topological polar surface area (TPSA) is 198 Å². The summed E-state index contributed by atoms with van der Waals surface area (Å²) in [5.41, 5.74) is 0.421. The molecule has 1 aliphatic heterocycles. The number of hydrogen-bond acceptors (Lipinski definition) is 11. The number of fused-ring (bicyclic) bond motifs is 1. The fraction of sp³-hybridized carbons (Fsp3) is 0.786. The molecule has 0 radical (unpaired) electrons. The molecule has 0 aromatic carbocycles. The predicted molar refractivity (Wildman–Crippen MR) is 154 cm³/mol. The van der Waals surface area contributed by atoms with Gasteiger partial charge in [-0.1, -0.05) is 96.8 Å². The van der Waals surface area contributed by atoms with Crippen molar-refractivity contribution in [2.24, 2.45) is 4.99 Å². The summed E-state index contributed by atoms with van der Waals surface area (Å²) in [6.07, 6.45) is 16.1. The third kappa shape index (κ3) is 14.4. The van der Waals surface area contributed by atoms with Crippen molar-refractivity contribution >= 4 is 30.7 Å². The molecule has 238 valence electrons. The first-order valence-electron chi connectivity index (χ1n) is 15.3. The van der Waals surface area contributed by atoms with Crippen LogP contribution in [0.25, 0.3) is 11.2 Å². The maximum atomic E-state index is 12.5. The van der Waals surface area contributed by atoms with E-state index in [2.05, 4.69) is 31.4 Å². The van der Waals surface area contributed by atoms with E-state index in [1.54, 1.807) is 0 Å². The van der Waals surface area contributed by atoms with Gasteiger partial charge in [-0.2, -0.15) is 0 Å². The fourth-order valence-corrected chi connectivity index (χ4v) is 5.53. The Morgan fingerprint density at radius 2 is 1.48 bits per heavy atom. The van der Waals surface area contributed by atoms with Crippen LogP contribution >= 0.6 is 7.82 Å². The Hall–Kier alpha value is 0.01000. The van der Waals surface area contributed by atoms with Crippen molar-refractivity contribution in [3.05, 3.63) is 12.7 Å². The van der Waals surface area contributed by atoms with Crippen molar-refractivity contribution in [3.8, 4) is 0 Å². The van der Waals surface area contributed by atoms with E-state index < -0.39 is 39.0 Å². The number of nitrogens with zero attached hydrogens (tertiary/aromatic N) is 5. The minimum Gasteiger partial charge on any atom is -0.862 e. The molecular formula is C28H46N5Na2O8P. The number of phosphoric ester groups is 1. The van der Waals surface area contributed by atoms with E-state index >= 15 is 0 Å². The van der Waals surface area contributed by atoms with E-state index in [0.717, 1.165) is 19.3 Å². The largest absolute Gasteiger partial charge is 1.00 e. The van der Waals surface area contributed by atoms with E-state index in [4.69, 9.17) is 9.63 Å². The third-order valence-corrected chi connectivity index (χ3v) is 8.05. The van der Waals surface area contributed by atoms with Crippen LogP contribution in [0.2, 0.25) is 0 Å². The summed E-state index contributed by atoms with van der Waals surface area (Å²) >= 11 is 0. The molecule has 0 bridgehead atoms. The summed E-state index contributed by atoms with van der Waals surface area (Å²) in [4.78, 5) is 36.2. The number of aliphatic hydroxyl groups excluding tert-OH is 2. The Morgan fingerprint density at radius 3 is 2.02 bits per heavy atom. The molecule has 13 nitrogen and oxygen atoms in total. The molecule has 16 heteroatoms. The summed E-state index contributed by atoms with van der Waals surface area (Å²) in [6, 6.07) is 0. The normalized spacial score (nSPS) is 21.6. The van der Waals surface area contributed by atoms with E-state index in [-0.39, 0.29) is 82.0 Å². The smallest absolute Gasteiger partial charge is 0.862 e. The van der Waals surface area contributed by atoms with Crippen LogP contribution in [0.1, 0.15) is 116 Å². The van der Waals surface area contributed by atoms with Crippen molar-refractivity contribution < 1.29 is 98.0 Å². The molecule has 44 heavy (non-hydrogen) atoms. The summed E-state index contributed by atoms with van der Waals surface area (Å²) in [7, 11) is -5.04. The molecule has 2 aromatic rings. The average Bonchev–Trinajstić information content (AvgIpc) is 3.50. The van der Waals surface area contributed by atoms with Gasteiger partial charge in [0, 0.05) is 0 Å². The summed E-state index contributed by atoms with van der Waals surface area (Å²) in [5, 5.41) is 33.2. The van der Waals surface area contributed by atoms with Crippen LogP contribution in [0, 0.1) is 0 Å². The molecule has 1 saturated heterocycles. The zero-order chi connectivity index (χ0) is 30.4. The fourth-order valence-electron chi connectivity index (χ4n) is 5.19. The minimum absolute atomic E-state index is 0. The van der Waals surface area contributed by atoms with Gasteiger partial charge in [-0.25, -0.2) is 19.9 Å². The zero-order valence-corrected chi connectivity index (χ0v) is 31.4. The summed E-state index contributed by atoms with van der Waals surface area (Å²) in [6.45, 7) is 1.56. The first kappa shape index (κ1) is 42.0. The number of aliphatic imine (C=N–C) groups is 1. The molecule has 3 N–H and O–H groups in total. The molecule has 5 atom stereocenters. The number of unbranched alkanes of at least 4 members (excludes halogenated alkanes) is 14. The van der Waals surface area contributed by atoms with Gasteiger partial charge in [0.05, 0.1) is 12.9 Å². The van der Waals surface area contributed by atoms with Gasteiger partial charge in [-0.15, -0.1) is 0 Å². The van der Waals surface area contributed by atoms with E-state index in [1.807, 2.05) is 0 Å². The van der Waals surface area contributed by atoms with Crippen LogP contribution in [0.3, 0.4) is 0 Å².